The molecule has 0 aliphatic rings. The molecule has 0 saturated heterocycles. The summed E-state index contributed by atoms with van der Waals surface area (Å²) in [7, 11) is 0. The first kappa shape index (κ1) is 14.2. The number of hydrogen-bond acceptors (Lipinski definition) is 2. The molecule has 0 saturated carbocycles. The fourth-order valence-corrected chi connectivity index (χ4v) is 1.97. The van der Waals surface area contributed by atoms with Crippen LogP contribution in [0.5, 0.6) is 0 Å². The highest BCUT2D eigenvalue weighted by atomic mass is 79.9. The highest BCUT2D eigenvalue weighted by Crippen LogP contribution is 2.11. The molecule has 0 spiro atoms. The average molecular weight is 300 g/mol. The van der Waals surface area contributed by atoms with Crippen molar-refractivity contribution >= 4 is 21.8 Å². The number of nitrogens with one attached hydrogen (secondary N) is 1. The molecule has 0 aliphatic heterocycles. The van der Waals surface area contributed by atoms with Gasteiger partial charge in [0.25, 0.3) is 5.91 Å². The molecule has 1 aromatic rings. The van der Waals surface area contributed by atoms with Gasteiger partial charge in [0.1, 0.15) is 0 Å². The molecule has 0 bridgehead atoms. The minimum Gasteiger partial charge on any atom is -0.391 e. The van der Waals surface area contributed by atoms with E-state index in [2.05, 4.69) is 21.2 Å². The smallest absolute Gasteiger partial charge is 0.251 e. The Bertz CT molecular complexity index is 379. The summed E-state index contributed by atoms with van der Waals surface area (Å²) in [6.45, 7) is 4.38. The molecule has 1 rings (SSSR count). The molecule has 0 radical (unpaired) electrons. The van der Waals surface area contributed by atoms with Crippen LogP contribution < -0.4 is 5.32 Å². The molecular formula is C13H18BrNO2. The maximum absolute atomic E-state index is 11.7. The van der Waals surface area contributed by atoms with Gasteiger partial charge in [-0.05, 0) is 30.5 Å². The van der Waals surface area contributed by atoms with E-state index in [1.165, 1.54) is 0 Å². The number of aliphatic hydroxyl groups excluding tert-OH is 1. The zero-order valence-electron chi connectivity index (χ0n) is 10.1. The van der Waals surface area contributed by atoms with Crippen molar-refractivity contribution in [3.8, 4) is 0 Å². The van der Waals surface area contributed by atoms with Crippen LogP contribution in [0, 0.1) is 5.92 Å². The van der Waals surface area contributed by atoms with E-state index in [0.29, 0.717) is 24.4 Å². The fourth-order valence-electron chi connectivity index (χ4n) is 1.57. The van der Waals surface area contributed by atoms with Crippen LogP contribution in [-0.4, -0.2) is 23.7 Å². The number of rotatable bonds is 5. The molecule has 3 nitrogen and oxygen atoms in total. The number of halogens is 1. The third kappa shape index (κ3) is 5.33. The SMILES string of the molecule is CC(C)CC(O)CNC(=O)c1cccc(Br)c1. The van der Waals surface area contributed by atoms with E-state index < -0.39 is 6.10 Å². The van der Waals surface area contributed by atoms with E-state index in [-0.39, 0.29) is 5.91 Å². The van der Waals surface area contributed by atoms with Crippen LogP contribution in [0.3, 0.4) is 0 Å². The second kappa shape index (κ2) is 6.77. The van der Waals surface area contributed by atoms with E-state index in [1.807, 2.05) is 26.0 Å². The molecule has 2 N–H and O–H groups in total. The molecule has 0 fully saturated rings. The highest BCUT2D eigenvalue weighted by Gasteiger charge is 2.10. The van der Waals surface area contributed by atoms with Gasteiger partial charge in [0.05, 0.1) is 6.10 Å². The maximum Gasteiger partial charge on any atom is 0.251 e. The Morgan fingerprint density at radius 2 is 2.18 bits per heavy atom. The largest absolute Gasteiger partial charge is 0.391 e. The number of benzene rings is 1. The third-order valence-electron chi connectivity index (χ3n) is 2.33. The van der Waals surface area contributed by atoms with Crippen LogP contribution >= 0.6 is 15.9 Å². The summed E-state index contributed by atoms with van der Waals surface area (Å²) in [4.78, 5) is 11.7. The van der Waals surface area contributed by atoms with Gasteiger partial charge in [0.15, 0.2) is 0 Å². The normalized spacial score (nSPS) is 12.5. The number of carbonyl (C=O) groups excluding carboxylic acids is 1. The Morgan fingerprint density at radius 1 is 1.47 bits per heavy atom. The third-order valence-corrected chi connectivity index (χ3v) is 2.82. The average Bonchev–Trinajstić information content (AvgIpc) is 2.25. The van der Waals surface area contributed by atoms with Crippen LogP contribution in [-0.2, 0) is 0 Å². The maximum atomic E-state index is 11.7. The monoisotopic (exact) mass is 299 g/mol. The van der Waals surface area contributed by atoms with Gasteiger partial charge in [0.2, 0.25) is 0 Å². The lowest BCUT2D eigenvalue weighted by molar-refractivity contribution is 0.0900. The van der Waals surface area contributed by atoms with Crippen LogP contribution in [0.2, 0.25) is 0 Å². The summed E-state index contributed by atoms with van der Waals surface area (Å²) in [6, 6.07) is 7.17. The van der Waals surface area contributed by atoms with Crippen LogP contribution in [0.25, 0.3) is 0 Å². The van der Waals surface area contributed by atoms with Crippen LogP contribution in [0.4, 0.5) is 0 Å². The Labute approximate surface area is 110 Å². The summed E-state index contributed by atoms with van der Waals surface area (Å²) in [5.41, 5.74) is 0.594. The van der Waals surface area contributed by atoms with Gasteiger partial charge >= 0.3 is 0 Å². The van der Waals surface area contributed by atoms with Crippen molar-refractivity contribution < 1.29 is 9.90 Å². The van der Waals surface area contributed by atoms with E-state index in [9.17, 15) is 9.90 Å². The predicted octanol–water partition coefficient (Wildman–Crippen LogP) is 2.59. The lowest BCUT2D eigenvalue weighted by Crippen LogP contribution is -2.32. The van der Waals surface area contributed by atoms with E-state index in [1.54, 1.807) is 12.1 Å². The van der Waals surface area contributed by atoms with Gasteiger partial charge in [-0.3, -0.25) is 4.79 Å². The number of hydrogen-bond donors (Lipinski definition) is 2. The van der Waals surface area contributed by atoms with Crippen molar-refractivity contribution in [2.75, 3.05) is 6.54 Å². The van der Waals surface area contributed by atoms with Crippen LogP contribution in [0.1, 0.15) is 30.6 Å². The van der Waals surface area contributed by atoms with Gasteiger partial charge in [-0.25, -0.2) is 0 Å². The highest BCUT2D eigenvalue weighted by molar-refractivity contribution is 9.10. The molecule has 1 amide bonds. The Morgan fingerprint density at radius 3 is 2.76 bits per heavy atom. The van der Waals surface area contributed by atoms with E-state index in [4.69, 9.17) is 0 Å². The van der Waals surface area contributed by atoms with Crippen molar-refractivity contribution in [3.63, 3.8) is 0 Å². The molecule has 1 aromatic carbocycles. The van der Waals surface area contributed by atoms with Gasteiger partial charge in [-0.15, -0.1) is 0 Å². The van der Waals surface area contributed by atoms with Gasteiger partial charge in [-0.2, -0.15) is 0 Å². The summed E-state index contributed by atoms with van der Waals surface area (Å²) >= 11 is 3.31. The Kier molecular flexibility index (Phi) is 5.65. The zero-order chi connectivity index (χ0) is 12.8. The first-order chi connectivity index (χ1) is 7.99. The molecule has 0 heterocycles. The van der Waals surface area contributed by atoms with Crippen molar-refractivity contribution in [2.24, 2.45) is 5.92 Å². The van der Waals surface area contributed by atoms with Gasteiger partial charge < -0.3 is 10.4 Å². The molecule has 0 aromatic heterocycles. The van der Waals surface area contributed by atoms with Crippen molar-refractivity contribution in [3.05, 3.63) is 34.3 Å². The number of amides is 1. The summed E-state index contributed by atoms with van der Waals surface area (Å²) < 4.78 is 0.868. The lowest BCUT2D eigenvalue weighted by Gasteiger charge is -2.13. The Hall–Kier alpha value is -0.870. The summed E-state index contributed by atoms with van der Waals surface area (Å²) in [6.07, 6.45) is 0.213. The quantitative estimate of drug-likeness (QED) is 0.878. The van der Waals surface area contributed by atoms with E-state index >= 15 is 0 Å². The lowest BCUT2D eigenvalue weighted by atomic mass is 10.1. The minimum absolute atomic E-state index is 0.158. The second-order valence-corrected chi connectivity index (χ2v) is 5.42. The molecule has 0 aliphatic carbocycles. The first-order valence-corrected chi connectivity index (χ1v) is 6.50. The van der Waals surface area contributed by atoms with Crippen molar-refractivity contribution in [1.82, 2.24) is 5.32 Å². The molecule has 1 unspecified atom stereocenters. The number of carbonyl (C=O) groups is 1. The summed E-state index contributed by atoms with van der Waals surface area (Å²) in [5.74, 6) is 0.266. The van der Waals surface area contributed by atoms with E-state index in [0.717, 1.165) is 4.47 Å². The molecule has 4 heteroatoms. The van der Waals surface area contributed by atoms with Crippen molar-refractivity contribution in [2.45, 2.75) is 26.4 Å². The van der Waals surface area contributed by atoms with Crippen molar-refractivity contribution in [1.29, 1.82) is 0 Å². The minimum atomic E-state index is -0.480. The predicted molar refractivity (Wildman–Crippen MR) is 71.9 cm³/mol. The van der Waals surface area contributed by atoms with Gasteiger partial charge in [0, 0.05) is 16.6 Å². The fraction of sp³-hybridized carbons (Fsp3) is 0.462. The second-order valence-electron chi connectivity index (χ2n) is 4.50. The van der Waals surface area contributed by atoms with Crippen LogP contribution in [0.15, 0.2) is 28.7 Å². The molecular weight excluding hydrogens is 282 g/mol. The summed E-state index contributed by atoms with van der Waals surface area (Å²) in [5, 5.41) is 12.4. The topological polar surface area (TPSA) is 49.3 Å². The first-order valence-electron chi connectivity index (χ1n) is 5.71. The standard InChI is InChI=1S/C13H18BrNO2/c1-9(2)6-12(16)8-15-13(17)10-4-3-5-11(14)7-10/h3-5,7,9,12,16H,6,8H2,1-2H3,(H,15,17). The molecule has 94 valence electrons. The molecule has 1 atom stereocenters. The number of aliphatic hydroxyl groups is 1. The van der Waals surface area contributed by atoms with Gasteiger partial charge in [-0.1, -0.05) is 35.8 Å². The Balaban J connectivity index is 2.45. The molecule has 17 heavy (non-hydrogen) atoms. The zero-order valence-corrected chi connectivity index (χ0v) is 11.7.